The Morgan fingerprint density at radius 3 is 2.41 bits per heavy atom. The van der Waals surface area contributed by atoms with Gasteiger partial charge in [-0.3, -0.25) is 13.8 Å². The molecule has 1 N–H and O–H groups in total. The third kappa shape index (κ3) is 4.28. The molecule has 0 aliphatic carbocycles. The molecule has 4 aromatic rings. The molecule has 0 saturated carbocycles. The fraction of sp³-hybridized carbons (Fsp3) is 0.200. The van der Waals surface area contributed by atoms with Gasteiger partial charge in [-0.1, -0.05) is 23.4 Å². The van der Waals surface area contributed by atoms with E-state index < -0.39 is 34.9 Å². The van der Waals surface area contributed by atoms with Gasteiger partial charge in [0.2, 0.25) is 0 Å². The van der Waals surface area contributed by atoms with Crippen LogP contribution in [0.15, 0.2) is 62.7 Å². The van der Waals surface area contributed by atoms with Gasteiger partial charge in [0.1, 0.15) is 5.00 Å². The highest BCUT2D eigenvalue weighted by Crippen LogP contribution is 2.40. The molecule has 2 aromatic heterocycles. The molecule has 0 fully saturated rings. The van der Waals surface area contributed by atoms with Crippen molar-refractivity contribution in [3.63, 3.8) is 0 Å². The van der Waals surface area contributed by atoms with E-state index in [0.717, 1.165) is 25.7 Å². The smallest absolute Gasteiger partial charge is 0.296 e. The molecule has 0 radical (unpaired) electrons. The molecule has 0 atom stereocenters. The Kier molecular flexibility index (Phi) is 5.59. The van der Waals surface area contributed by atoms with Crippen LogP contribution in [0.3, 0.4) is 0 Å². The lowest BCUT2D eigenvalue weighted by molar-refractivity contribution is -0.131. The number of hydrogen-bond acceptors (Lipinski definition) is 6. The van der Waals surface area contributed by atoms with E-state index in [0.29, 0.717) is 11.1 Å². The van der Waals surface area contributed by atoms with Crippen molar-refractivity contribution >= 4 is 36.4 Å². The second-order valence-electron chi connectivity index (χ2n) is 6.94. The summed E-state index contributed by atoms with van der Waals surface area (Å²) in [6, 6.07) is 12.4. The topological polar surface area (TPSA) is 96.3 Å². The Morgan fingerprint density at radius 2 is 1.81 bits per heavy atom. The lowest BCUT2D eigenvalue weighted by atomic mass is 10.2. The molecule has 0 aliphatic heterocycles. The number of benzene rings is 2. The van der Waals surface area contributed by atoms with E-state index >= 15 is 0 Å². The highest BCUT2D eigenvalue weighted by molar-refractivity contribution is 7.93. The summed E-state index contributed by atoms with van der Waals surface area (Å²) >= 11 is 1.12. The first-order chi connectivity index (χ1) is 15.1. The van der Waals surface area contributed by atoms with Gasteiger partial charge in [0.05, 0.1) is 11.3 Å². The zero-order chi connectivity index (χ0) is 23.1. The Morgan fingerprint density at radius 1 is 1.12 bits per heavy atom. The summed E-state index contributed by atoms with van der Waals surface area (Å²) in [6.07, 6.45) is -5.82. The number of aryl methyl sites for hydroxylation is 1. The maximum Gasteiger partial charge on any atom is 0.439 e. The third-order valence-corrected chi connectivity index (χ3v) is 8.02. The SMILES string of the molecule is Cc1c(N(CCC(F)(F)F)S(=O)(=O)c2ccc(-c3noc(=O)[nH]3)cc2)sc2ccccc12. The van der Waals surface area contributed by atoms with Crippen molar-refractivity contribution in [3.8, 4) is 11.4 Å². The molecule has 12 heteroatoms. The van der Waals surface area contributed by atoms with Crippen LogP contribution in [-0.4, -0.2) is 31.3 Å². The summed E-state index contributed by atoms with van der Waals surface area (Å²) in [5.74, 6) is -0.663. The fourth-order valence-electron chi connectivity index (χ4n) is 3.22. The van der Waals surface area contributed by atoms with Crippen LogP contribution in [0.5, 0.6) is 0 Å². The summed E-state index contributed by atoms with van der Waals surface area (Å²) in [5, 5.41) is 4.55. The van der Waals surface area contributed by atoms with Crippen LogP contribution >= 0.6 is 11.3 Å². The standard InChI is InChI=1S/C20H16F3N3O4S2/c1-12-15-4-2-3-5-16(15)31-18(12)26(11-10-20(21,22)23)32(28,29)14-8-6-13(7-9-14)17-24-19(27)30-25-17/h2-9H,10-11H2,1H3,(H,24,25,27). The van der Waals surface area contributed by atoms with Gasteiger partial charge in [0, 0.05) is 16.8 Å². The molecule has 7 nitrogen and oxygen atoms in total. The molecule has 2 heterocycles. The quantitative estimate of drug-likeness (QED) is 0.429. The minimum atomic E-state index is -4.53. The molecule has 2 aromatic carbocycles. The molecule has 0 aliphatic rings. The Labute approximate surface area is 184 Å². The van der Waals surface area contributed by atoms with Crippen molar-refractivity contribution < 1.29 is 26.1 Å². The van der Waals surface area contributed by atoms with Gasteiger partial charge in [-0.15, -0.1) is 11.3 Å². The van der Waals surface area contributed by atoms with Gasteiger partial charge in [-0.25, -0.2) is 13.2 Å². The van der Waals surface area contributed by atoms with Crippen LogP contribution in [-0.2, 0) is 10.0 Å². The van der Waals surface area contributed by atoms with E-state index in [1.807, 2.05) is 0 Å². The van der Waals surface area contributed by atoms with E-state index in [9.17, 15) is 26.4 Å². The predicted octanol–water partition coefficient (Wildman–Crippen LogP) is 4.70. The minimum absolute atomic E-state index is 0.105. The number of alkyl halides is 3. The number of rotatable bonds is 6. The molecule has 0 spiro atoms. The monoisotopic (exact) mass is 483 g/mol. The number of thiophene rings is 1. The van der Waals surface area contributed by atoms with Gasteiger partial charge in [0.25, 0.3) is 10.0 Å². The number of nitrogens with one attached hydrogen (secondary N) is 1. The number of hydrogen-bond donors (Lipinski definition) is 1. The molecular weight excluding hydrogens is 467 g/mol. The molecule has 0 bridgehead atoms. The molecule has 32 heavy (non-hydrogen) atoms. The molecule has 0 saturated heterocycles. The van der Waals surface area contributed by atoms with Crippen molar-refractivity contribution in [2.75, 3.05) is 10.8 Å². The van der Waals surface area contributed by atoms with E-state index in [4.69, 9.17) is 0 Å². The number of aromatic nitrogens is 2. The average molecular weight is 483 g/mol. The van der Waals surface area contributed by atoms with Crippen LogP contribution in [0.25, 0.3) is 21.5 Å². The maximum absolute atomic E-state index is 13.4. The normalized spacial score (nSPS) is 12.4. The van der Waals surface area contributed by atoms with Gasteiger partial charge in [-0.2, -0.15) is 13.2 Å². The molecule has 168 valence electrons. The minimum Gasteiger partial charge on any atom is -0.296 e. The van der Waals surface area contributed by atoms with Crippen molar-refractivity contribution in [1.29, 1.82) is 0 Å². The number of anilines is 1. The van der Waals surface area contributed by atoms with Crippen LogP contribution in [0, 0.1) is 6.92 Å². The molecule has 0 amide bonds. The number of aromatic amines is 1. The van der Waals surface area contributed by atoms with Crippen LogP contribution in [0.2, 0.25) is 0 Å². The molecule has 0 unspecified atom stereocenters. The number of halogens is 3. The second kappa shape index (κ2) is 8.10. The van der Waals surface area contributed by atoms with Crippen molar-refractivity contribution in [3.05, 3.63) is 64.6 Å². The van der Waals surface area contributed by atoms with E-state index in [2.05, 4.69) is 14.7 Å². The Bertz CT molecular complexity index is 1420. The first kappa shape index (κ1) is 22.1. The highest BCUT2D eigenvalue weighted by atomic mass is 32.2. The van der Waals surface area contributed by atoms with Crippen LogP contribution in [0.4, 0.5) is 18.2 Å². The summed E-state index contributed by atoms with van der Waals surface area (Å²) < 4.78 is 71.8. The maximum atomic E-state index is 13.4. The second-order valence-corrected chi connectivity index (χ2v) is 9.83. The molecule has 4 rings (SSSR count). The number of H-pyrrole nitrogens is 1. The first-order valence-corrected chi connectivity index (χ1v) is 11.6. The number of sulfonamides is 1. The Balaban J connectivity index is 1.77. The first-order valence-electron chi connectivity index (χ1n) is 9.30. The Hall–Kier alpha value is -3.12. The highest BCUT2D eigenvalue weighted by Gasteiger charge is 2.34. The van der Waals surface area contributed by atoms with E-state index in [1.54, 1.807) is 31.2 Å². The predicted molar refractivity (Wildman–Crippen MR) is 114 cm³/mol. The van der Waals surface area contributed by atoms with E-state index in [1.165, 1.54) is 24.3 Å². The van der Waals surface area contributed by atoms with Crippen molar-refractivity contribution in [2.45, 2.75) is 24.4 Å². The largest absolute Gasteiger partial charge is 0.439 e. The van der Waals surface area contributed by atoms with Crippen LogP contribution in [0.1, 0.15) is 12.0 Å². The van der Waals surface area contributed by atoms with Crippen LogP contribution < -0.4 is 10.1 Å². The summed E-state index contributed by atoms with van der Waals surface area (Å²) in [5.41, 5.74) is 0.975. The number of fused-ring (bicyclic) bond motifs is 1. The lowest BCUT2D eigenvalue weighted by Gasteiger charge is -2.24. The zero-order valence-electron chi connectivity index (χ0n) is 16.5. The van der Waals surface area contributed by atoms with Gasteiger partial charge in [-0.05, 0) is 48.2 Å². The third-order valence-electron chi connectivity index (χ3n) is 4.80. The number of nitrogens with zero attached hydrogens (tertiary/aromatic N) is 2. The average Bonchev–Trinajstić information content (AvgIpc) is 3.31. The fourth-order valence-corrected chi connectivity index (χ4v) is 6.19. The summed E-state index contributed by atoms with van der Waals surface area (Å²) in [6.45, 7) is 0.937. The van der Waals surface area contributed by atoms with Gasteiger partial charge in [0.15, 0.2) is 5.82 Å². The van der Waals surface area contributed by atoms with E-state index in [-0.39, 0.29) is 15.7 Å². The van der Waals surface area contributed by atoms with Crippen molar-refractivity contribution in [2.24, 2.45) is 0 Å². The summed E-state index contributed by atoms with van der Waals surface area (Å²) in [4.78, 5) is 13.3. The zero-order valence-corrected chi connectivity index (χ0v) is 18.1. The van der Waals surface area contributed by atoms with Crippen molar-refractivity contribution in [1.82, 2.24) is 10.1 Å². The van der Waals surface area contributed by atoms with Gasteiger partial charge >= 0.3 is 11.9 Å². The lowest BCUT2D eigenvalue weighted by Crippen LogP contribution is -2.34. The molecular formula is C20H16F3N3O4S2. The van der Waals surface area contributed by atoms with Gasteiger partial charge < -0.3 is 0 Å². The summed E-state index contributed by atoms with van der Waals surface area (Å²) in [7, 11) is -4.31.